The smallest absolute Gasteiger partial charge is 0.123 e. The average Bonchev–Trinajstić information content (AvgIpc) is 2.54. The van der Waals surface area contributed by atoms with Crippen molar-refractivity contribution in [1.82, 2.24) is 4.98 Å². The minimum Gasteiger partial charge on any atom is -0.389 e. The van der Waals surface area contributed by atoms with Gasteiger partial charge in [-0.15, -0.1) is 0 Å². The van der Waals surface area contributed by atoms with E-state index in [2.05, 4.69) is 11.1 Å². The Morgan fingerprint density at radius 3 is 2.54 bits per heavy atom. The summed E-state index contributed by atoms with van der Waals surface area (Å²) in [6, 6.07) is 14.1. The van der Waals surface area contributed by atoms with Gasteiger partial charge < -0.3 is 5.11 Å². The Bertz CT molecular complexity index is 940. The van der Waals surface area contributed by atoms with Crippen LogP contribution in [0.1, 0.15) is 29.8 Å². The van der Waals surface area contributed by atoms with Crippen molar-refractivity contribution in [2.24, 2.45) is 0 Å². The second-order valence-corrected chi connectivity index (χ2v) is 5.92. The fourth-order valence-corrected chi connectivity index (χ4v) is 2.92. The molecule has 1 unspecified atom stereocenters. The summed E-state index contributed by atoms with van der Waals surface area (Å²) >= 11 is 0. The van der Waals surface area contributed by atoms with E-state index in [1.54, 1.807) is 19.1 Å². The monoisotopic (exact) mass is 320 g/mol. The molecule has 0 saturated heterocycles. The molecule has 1 aromatic heterocycles. The minimum atomic E-state index is -0.628. The van der Waals surface area contributed by atoms with Gasteiger partial charge in [0.2, 0.25) is 0 Å². The van der Waals surface area contributed by atoms with Gasteiger partial charge in [0.05, 0.1) is 29.8 Å². The Morgan fingerprint density at radius 2 is 1.92 bits per heavy atom. The fraction of sp³-hybridized carbons (Fsp3) is 0.200. The van der Waals surface area contributed by atoms with Crippen molar-refractivity contribution in [2.75, 3.05) is 0 Å². The number of hydrogen-bond acceptors (Lipinski definition) is 3. The first-order valence-corrected chi connectivity index (χ1v) is 7.74. The lowest BCUT2D eigenvalue weighted by molar-refractivity contribution is 0.201. The normalized spacial score (nSPS) is 12.1. The lowest BCUT2D eigenvalue weighted by Gasteiger charge is -2.14. The third-order valence-corrected chi connectivity index (χ3v) is 4.04. The molecule has 0 spiro atoms. The van der Waals surface area contributed by atoms with Crippen LogP contribution in [0.4, 0.5) is 4.39 Å². The van der Waals surface area contributed by atoms with E-state index in [4.69, 9.17) is 5.26 Å². The Kier molecular flexibility index (Phi) is 4.28. The van der Waals surface area contributed by atoms with Crippen molar-refractivity contribution in [3.63, 3.8) is 0 Å². The molecule has 3 nitrogen and oxygen atoms in total. The molecule has 0 bridgehead atoms. The molecule has 0 aliphatic rings. The molecule has 0 fully saturated rings. The zero-order valence-corrected chi connectivity index (χ0v) is 13.5. The molecule has 3 rings (SSSR count). The molecular formula is C20H17FN2O. The van der Waals surface area contributed by atoms with Crippen LogP contribution in [0.3, 0.4) is 0 Å². The largest absolute Gasteiger partial charge is 0.389 e. The highest BCUT2D eigenvalue weighted by atomic mass is 19.1. The van der Waals surface area contributed by atoms with E-state index in [1.165, 1.54) is 12.1 Å². The topological polar surface area (TPSA) is 56.9 Å². The zero-order chi connectivity index (χ0) is 17.3. The highest BCUT2D eigenvalue weighted by Crippen LogP contribution is 2.31. The van der Waals surface area contributed by atoms with E-state index in [0.29, 0.717) is 5.69 Å². The van der Waals surface area contributed by atoms with Crippen LogP contribution in [0.15, 0.2) is 42.5 Å². The van der Waals surface area contributed by atoms with E-state index in [-0.39, 0.29) is 12.2 Å². The van der Waals surface area contributed by atoms with Crippen LogP contribution in [-0.2, 0) is 6.42 Å². The minimum absolute atomic E-state index is 0.167. The molecule has 2 aromatic carbocycles. The summed E-state index contributed by atoms with van der Waals surface area (Å²) in [6.45, 7) is 3.67. The first-order chi connectivity index (χ1) is 11.5. The summed E-state index contributed by atoms with van der Waals surface area (Å²) in [4.78, 5) is 4.64. The molecule has 1 atom stereocenters. The Morgan fingerprint density at radius 1 is 1.21 bits per heavy atom. The van der Waals surface area contributed by atoms with Crippen LogP contribution in [0.5, 0.6) is 0 Å². The van der Waals surface area contributed by atoms with Gasteiger partial charge in [-0.2, -0.15) is 5.26 Å². The molecule has 0 aliphatic heterocycles. The summed E-state index contributed by atoms with van der Waals surface area (Å²) in [5.74, 6) is -0.311. The molecule has 1 N–H and O–H groups in total. The predicted molar refractivity (Wildman–Crippen MR) is 91.8 cm³/mol. The standard InChI is InChI=1S/C20H17FN2O/c1-12-9-16(13(2)24)18-11-17(14-3-5-15(21)6-4-14)19(7-8-22)23-20(18)10-12/h3-6,9-11,13,24H,7H2,1-2H3. The van der Waals surface area contributed by atoms with Crippen LogP contribution in [0.2, 0.25) is 0 Å². The number of benzene rings is 2. The molecule has 24 heavy (non-hydrogen) atoms. The summed E-state index contributed by atoms with van der Waals surface area (Å²) in [7, 11) is 0. The number of aryl methyl sites for hydroxylation is 1. The molecule has 0 radical (unpaired) electrons. The summed E-state index contributed by atoms with van der Waals surface area (Å²) in [6.07, 6.45) is -0.460. The first kappa shape index (κ1) is 16.1. The van der Waals surface area contributed by atoms with Gasteiger partial charge >= 0.3 is 0 Å². The third-order valence-electron chi connectivity index (χ3n) is 4.04. The van der Waals surface area contributed by atoms with Gasteiger partial charge in [0, 0.05) is 10.9 Å². The summed E-state index contributed by atoms with van der Waals surface area (Å²) in [5, 5.41) is 20.0. The van der Waals surface area contributed by atoms with Gasteiger partial charge in [-0.1, -0.05) is 18.2 Å². The van der Waals surface area contributed by atoms with E-state index < -0.39 is 6.10 Å². The van der Waals surface area contributed by atoms with Crippen molar-refractivity contribution >= 4 is 10.9 Å². The Balaban J connectivity index is 2.32. The second kappa shape index (κ2) is 6.38. The lowest BCUT2D eigenvalue weighted by atomic mass is 9.95. The Labute approximate surface area is 140 Å². The van der Waals surface area contributed by atoms with E-state index in [1.807, 2.05) is 25.1 Å². The van der Waals surface area contributed by atoms with Crippen molar-refractivity contribution in [3.05, 3.63) is 65.1 Å². The van der Waals surface area contributed by atoms with E-state index in [9.17, 15) is 9.50 Å². The second-order valence-electron chi connectivity index (χ2n) is 5.92. The number of nitriles is 1. The molecule has 120 valence electrons. The van der Waals surface area contributed by atoms with Gasteiger partial charge in [0.15, 0.2) is 0 Å². The van der Waals surface area contributed by atoms with Gasteiger partial charge in [-0.25, -0.2) is 4.39 Å². The van der Waals surface area contributed by atoms with Gasteiger partial charge in [-0.05, 0) is 54.8 Å². The highest BCUT2D eigenvalue weighted by molar-refractivity contribution is 5.88. The summed E-state index contributed by atoms with van der Waals surface area (Å²) < 4.78 is 13.2. The number of aliphatic hydroxyl groups is 1. The maximum Gasteiger partial charge on any atom is 0.123 e. The van der Waals surface area contributed by atoms with Gasteiger partial charge in [0.25, 0.3) is 0 Å². The van der Waals surface area contributed by atoms with Crippen molar-refractivity contribution < 1.29 is 9.50 Å². The average molecular weight is 320 g/mol. The van der Waals surface area contributed by atoms with Crippen LogP contribution in [0.25, 0.3) is 22.0 Å². The van der Waals surface area contributed by atoms with Crippen molar-refractivity contribution in [3.8, 4) is 17.2 Å². The zero-order valence-electron chi connectivity index (χ0n) is 13.5. The predicted octanol–water partition coefficient (Wildman–Crippen LogP) is 4.47. The highest BCUT2D eigenvalue weighted by Gasteiger charge is 2.14. The molecule has 3 aromatic rings. The van der Waals surface area contributed by atoms with Gasteiger partial charge in [-0.3, -0.25) is 4.98 Å². The number of fused-ring (bicyclic) bond motifs is 1. The molecule has 0 saturated carbocycles. The fourth-order valence-electron chi connectivity index (χ4n) is 2.92. The molecular weight excluding hydrogens is 303 g/mol. The van der Waals surface area contributed by atoms with Crippen molar-refractivity contribution in [1.29, 1.82) is 5.26 Å². The SMILES string of the molecule is Cc1cc(C(C)O)c2cc(-c3ccc(F)cc3)c(CC#N)nc2c1. The number of pyridine rings is 1. The number of hydrogen-bond donors (Lipinski definition) is 1. The molecule has 4 heteroatoms. The number of aliphatic hydroxyl groups excluding tert-OH is 1. The first-order valence-electron chi connectivity index (χ1n) is 7.74. The van der Waals surface area contributed by atoms with E-state index >= 15 is 0 Å². The maximum atomic E-state index is 13.2. The number of rotatable bonds is 3. The molecule has 0 aliphatic carbocycles. The third kappa shape index (κ3) is 2.99. The van der Waals surface area contributed by atoms with Crippen LogP contribution < -0.4 is 0 Å². The molecule has 1 heterocycles. The summed E-state index contributed by atoms with van der Waals surface area (Å²) in [5.41, 5.74) is 4.79. The number of halogens is 1. The molecule has 0 amide bonds. The number of nitrogens with zero attached hydrogens (tertiary/aromatic N) is 2. The van der Waals surface area contributed by atoms with Crippen LogP contribution in [0, 0.1) is 24.1 Å². The maximum absolute atomic E-state index is 13.2. The van der Waals surface area contributed by atoms with E-state index in [0.717, 1.165) is 33.2 Å². The van der Waals surface area contributed by atoms with Crippen molar-refractivity contribution in [2.45, 2.75) is 26.4 Å². The Hall–Kier alpha value is -2.77. The van der Waals surface area contributed by atoms with Crippen LogP contribution in [-0.4, -0.2) is 10.1 Å². The van der Waals surface area contributed by atoms with Crippen LogP contribution >= 0.6 is 0 Å². The van der Waals surface area contributed by atoms with Gasteiger partial charge in [0.1, 0.15) is 5.82 Å². The number of aromatic nitrogens is 1. The quantitative estimate of drug-likeness (QED) is 0.774. The lowest BCUT2D eigenvalue weighted by Crippen LogP contribution is -2.00.